The molecule has 0 spiro atoms. The van der Waals surface area contributed by atoms with E-state index in [0.29, 0.717) is 45.1 Å². The molecule has 1 aliphatic carbocycles. The number of nitrogens with zero attached hydrogens (tertiary/aromatic N) is 1. The van der Waals surface area contributed by atoms with E-state index in [0.717, 1.165) is 36.3 Å². The number of carboxylic acid groups (broad SMARTS) is 5. The maximum atomic E-state index is 15.0. The lowest BCUT2D eigenvalue weighted by atomic mass is 9.83. The third kappa shape index (κ3) is 13.0. The second-order valence-corrected chi connectivity index (χ2v) is 13.8. The van der Waals surface area contributed by atoms with Crippen LogP contribution in [0.25, 0.3) is 0 Å². The summed E-state index contributed by atoms with van der Waals surface area (Å²) in [5, 5.41) is 51.2. The molecule has 13 nitrogen and oxygen atoms in total. The molecule has 5 N–H and O–H groups in total. The van der Waals surface area contributed by atoms with E-state index in [4.69, 9.17) is 4.74 Å². The van der Waals surface area contributed by atoms with Crippen LogP contribution in [0.1, 0.15) is 112 Å². The third-order valence-electron chi connectivity index (χ3n) is 9.91. The predicted octanol–water partition coefficient (Wildman–Crippen LogP) is 7.12. The van der Waals surface area contributed by atoms with Gasteiger partial charge in [-0.25, -0.2) is 24.0 Å². The van der Waals surface area contributed by atoms with Crippen molar-refractivity contribution in [3.63, 3.8) is 0 Å². The molecule has 0 radical (unpaired) electrons. The summed E-state index contributed by atoms with van der Waals surface area (Å²) in [6, 6.07) is 0. The van der Waals surface area contributed by atoms with Gasteiger partial charge >= 0.3 is 29.8 Å². The predicted molar refractivity (Wildman–Crippen MR) is 196 cm³/mol. The van der Waals surface area contributed by atoms with Crippen molar-refractivity contribution >= 4 is 35.8 Å². The van der Waals surface area contributed by atoms with Gasteiger partial charge in [0.05, 0.1) is 29.6 Å². The van der Waals surface area contributed by atoms with Crippen LogP contribution < -0.4 is 0 Å². The summed E-state index contributed by atoms with van der Waals surface area (Å²) in [4.78, 5) is 78.8. The molecule has 0 aromatic heterocycles. The van der Waals surface area contributed by atoms with Crippen LogP contribution in [0, 0.1) is 17.8 Å². The minimum absolute atomic E-state index is 0.0226. The SMILES string of the molecule is C=C(C=C(C(=O)O)C(C=C(C)C(=O)O)CC1CO1)C(=O)N(C(C=C(CC)C(=O)O)=C(CC(CC)CCCC)C(=O)O)C(=C(C)C(=O)O)C1CCCCC1. The average Bonchev–Trinajstić information content (AvgIpc) is 3.93. The second-order valence-electron chi connectivity index (χ2n) is 13.8. The second kappa shape index (κ2) is 21.1. The van der Waals surface area contributed by atoms with Gasteiger partial charge in [0.15, 0.2) is 0 Å². The summed E-state index contributed by atoms with van der Waals surface area (Å²) < 4.78 is 5.29. The molecule has 2 aliphatic rings. The van der Waals surface area contributed by atoms with Crippen LogP contribution >= 0.6 is 0 Å². The van der Waals surface area contributed by atoms with Crippen LogP contribution in [0.5, 0.6) is 0 Å². The van der Waals surface area contributed by atoms with Crippen molar-refractivity contribution in [2.45, 2.75) is 118 Å². The lowest BCUT2D eigenvalue weighted by Gasteiger charge is -2.36. The van der Waals surface area contributed by atoms with E-state index in [-0.39, 0.29) is 70.5 Å². The van der Waals surface area contributed by atoms with Crippen LogP contribution in [0.2, 0.25) is 0 Å². The first kappa shape index (κ1) is 44.4. The summed E-state index contributed by atoms with van der Waals surface area (Å²) in [6.45, 7) is 12.3. The maximum absolute atomic E-state index is 15.0. The molecule has 3 unspecified atom stereocenters. The van der Waals surface area contributed by atoms with Gasteiger partial charge < -0.3 is 30.3 Å². The normalized spacial score (nSPS) is 19.0. The van der Waals surface area contributed by atoms with Gasteiger partial charge in [-0.3, -0.25) is 9.69 Å². The Hall–Kier alpha value is -4.78. The molecule has 2 rings (SSSR count). The van der Waals surface area contributed by atoms with Crippen LogP contribution in [0.3, 0.4) is 0 Å². The van der Waals surface area contributed by atoms with E-state index < -0.39 is 53.2 Å². The molecular formula is C40H55NO12. The molecule has 292 valence electrons. The number of hydrogen-bond acceptors (Lipinski definition) is 7. The van der Waals surface area contributed by atoms with Gasteiger partial charge in [-0.05, 0) is 64.0 Å². The quantitative estimate of drug-likeness (QED) is 0.0425. The summed E-state index contributed by atoms with van der Waals surface area (Å²) in [6.07, 6.45) is 8.99. The number of epoxide rings is 1. The molecule has 1 amide bonds. The van der Waals surface area contributed by atoms with Crippen molar-refractivity contribution in [3.05, 3.63) is 69.6 Å². The highest BCUT2D eigenvalue weighted by Crippen LogP contribution is 2.39. The summed E-state index contributed by atoms with van der Waals surface area (Å²) in [7, 11) is 0. The molecular weight excluding hydrogens is 686 g/mol. The monoisotopic (exact) mass is 741 g/mol. The molecule has 1 saturated carbocycles. The largest absolute Gasteiger partial charge is 0.478 e. The summed E-state index contributed by atoms with van der Waals surface area (Å²) >= 11 is 0. The van der Waals surface area contributed by atoms with E-state index in [1.54, 1.807) is 6.92 Å². The van der Waals surface area contributed by atoms with Crippen molar-refractivity contribution in [1.29, 1.82) is 0 Å². The van der Waals surface area contributed by atoms with Crippen molar-refractivity contribution in [2.75, 3.05) is 6.61 Å². The Morgan fingerprint density at radius 1 is 0.849 bits per heavy atom. The Bertz CT molecular complexity index is 1580. The first-order chi connectivity index (χ1) is 25.0. The molecule has 0 aromatic carbocycles. The van der Waals surface area contributed by atoms with Gasteiger partial charge in [-0.1, -0.05) is 78.4 Å². The van der Waals surface area contributed by atoms with Gasteiger partial charge in [0.25, 0.3) is 5.91 Å². The highest BCUT2D eigenvalue weighted by molar-refractivity contribution is 6.03. The van der Waals surface area contributed by atoms with E-state index in [9.17, 15) is 54.3 Å². The fourth-order valence-electron chi connectivity index (χ4n) is 6.66. The van der Waals surface area contributed by atoms with Crippen LogP contribution in [-0.2, 0) is 33.5 Å². The molecule has 3 atom stereocenters. The maximum Gasteiger partial charge on any atom is 0.333 e. The minimum atomic E-state index is -1.47. The van der Waals surface area contributed by atoms with Crippen molar-refractivity contribution in [1.82, 2.24) is 4.90 Å². The van der Waals surface area contributed by atoms with Crippen molar-refractivity contribution in [3.8, 4) is 0 Å². The number of carbonyl (C=O) groups is 6. The number of carbonyl (C=O) groups excluding carboxylic acids is 1. The zero-order valence-electron chi connectivity index (χ0n) is 31.5. The molecule has 53 heavy (non-hydrogen) atoms. The Kier molecular flexibility index (Phi) is 17.6. The van der Waals surface area contributed by atoms with Gasteiger partial charge in [0, 0.05) is 39.8 Å². The zero-order valence-corrected chi connectivity index (χ0v) is 31.5. The standard InChI is InChI=1S/C40H55NO12/c1-7-10-14-26(8-2)19-32(40(51)52)33(21-27(9-3)38(47)48)41(34(25(6)37(45)46)28-15-12-11-13-16-28)35(42)23(4)18-31(39(49)50)29(20-30-22-53-30)17-24(5)36(43)44/h17-18,21,26,28-30H,4,7-16,19-20,22H2,1-3,5-6H3,(H,43,44)(H,45,46)(H,47,48)(H,49,50)(H,51,52). The zero-order chi connectivity index (χ0) is 40.0. The van der Waals surface area contributed by atoms with Gasteiger partial charge in [0.2, 0.25) is 0 Å². The molecule has 1 saturated heterocycles. The molecule has 1 aliphatic heterocycles. The number of carboxylic acids is 5. The average molecular weight is 742 g/mol. The number of ether oxygens (including phenoxy) is 1. The minimum Gasteiger partial charge on any atom is -0.478 e. The number of aliphatic carboxylic acids is 5. The molecule has 0 bridgehead atoms. The number of rotatable bonds is 22. The van der Waals surface area contributed by atoms with E-state index in [2.05, 4.69) is 6.58 Å². The van der Waals surface area contributed by atoms with Crippen molar-refractivity contribution < 1.29 is 59.0 Å². The summed E-state index contributed by atoms with van der Waals surface area (Å²) in [5.41, 5.74) is -2.12. The Balaban J connectivity index is 3.12. The number of allylic oxidation sites excluding steroid dienone is 3. The number of amides is 1. The highest BCUT2D eigenvalue weighted by atomic mass is 16.6. The summed E-state index contributed by atoms with van der Waals surface area (Å²) in [5.74, 6) is -9.71. The topological polar surface area (TPSA) is 219 Å². The van der Waals surface area contributed by atoms with Crippen LogP contribution in [0.15, 0.2) is 69.6 Å². The first-order valence-electron chi connectivity index (χ1n) is 18.3. The van der Waals surface area contributed by atoms with Crippen LogP contribution in [0.4, 0.5) is 0 Å². The van der Waals surface area contributed by atoms with Crippen LogP contribution in [-0.4, -0.2) is 78.9 Å². The highest BCUT2D eigenvalue weighted by Gasteiger charge is 2.37. The van der Waals surface area contributed by atoms with E-state index >= 15 is 0 Å². The molecule has 0 aromatic rings. The fraction of sp³-hybridized carbons (Fsp3) is 0.550. The van der Waals surface area contributed by atoms with Gasteiger partial charge in [0.1, 0.15) is 0 Å². The lowest BCUT2D eigenvalue weighted by molar-refractivity contribution is -0.134. The molecule has 2 fully saturated rings. The number of hydrogen-bond donors (Lipinski definition) is 5. The Morgan fingerprint density at radius 3 is 1.92 bits per heavy atom. The first-order valence-corrected chi connectivity index (χ1v) is 18.3. The third-order valence-corrected chi connectivity index (χ3v) is 9.91. The van der Waals surface area contributed by atoms with Crippen molar-refractivity contribution in [2.24, 2.45) is 17.8 Å². The van der Waals surface area contributed by atoms with Gasteiger partial charge in [-0.15, -0.1) is 0 Å². The Labute approximate surface area is 311 Å². The molecule has 1 heterocycles. The van der Waals surface area contributed by atoms with Gasteiger partial charge in [-0.2, -0.15) is 0 Å². The van der Waals surface area contributed by atoms with E-state index in [1.165, 1.54) is 19.9 Å². The number of unbranched alkanes of at least 4 members (excludes halogenated alkanes) is 1. The van der Waals surface area contributed by atoms with E-state index in [1.807, 2.05) is 13.8 Å². The Morgan fingerprint density at radius 2 is 1.47 bits per heavy atom. The fourth-order valence-corrected chi connectivity index (χ4v) is 6.66. The molecule has 13 heteroatoms. The lowest BCUT2D eigenvalue weighted by Crippen LogP contribution is -2.37. The smallest absolute Gasteiger partial charge is 0.333 e.